The van der Waals surface area contributed by atoms with Gasteiger partial charge < -0.3 is 10.1 Å². The second kappa shape index (κ2) is 10.7. The topological polar surface area (TPSA) is 116 Å². The first kappa shape index (κ1) is 24.7. The lowest BCUT2D eigenvalue weighted by Crippen LogP contribution is -2.21. The molecule has 0 aliphatic rings. The van der Waals surface area contributed by atoms with Crippen molar-refractivity contribution in [2.45, 2.75) is 46.0 Å². The largest absolute Gasteiger partial charge is 0.454 e. The Bertz CT molecular complexity index is 1010. The lowest BCUT2D eigenvalue weighted by molar-refractivity contribution is -0.386. The summed E-state index contributed by atoms with van der Waals surface area (Å²) in [4.78, 5) is 46.4. The van der Waals surface area contributed by atoms with Gasteiger partial charge >= 0.3 is 5.97 Å². The van der Waals surface area contributed by atoms with Crippen molar-refractivity contribution in [3.8, 4) is 0 Å². The zero-order valence-corrected chi connectivity index (χ0v) is 18.8. The number of Topliss-reactive ketones (excluding diaryl/α,β-unsaturated/α-hetero) is 1. The molecule has 170 valence electrons. The third-order valence-electron chi connectivity index (χ3n) is 4.86. The number of ether oxygens (including phenoxy) is 1. The predicted octanol–water partition coefficient (Wildman–Crippen LogP) is 4.00. The van der Waals surface area contributed by atoms with Gasteiger partial charge in [0, 0.05) is 30.7 Å². The zero-order chi connectivity index (χ0) is 23.9. The number of nitro benzene ring substituents is 1. The zero-order valence-electron chi connectivity index (χ0n) is 18.8. The number of carbonyl (C=O) groups excluding carboxylic acids is 3. The van der Waals surface area contributed by atoms with E-state index < -0.39 is 22.9 Å². The number of ketones is 1. The van der Waals surface area contributed by atoms with E-state index in [1.807, 2.05) is 32.9 Å². The van der Waals surface area contributed by atoms with Crippen LogP contribution in [0.3, 0.4) is 0 Å². The summed E-state index contributed by atoms with van der Waals surface area (Å²) in [6, 6.07) is 11.1. The summed E-state index contributed by atoms with van der Waals surface area (Å²) in [5.41, 5.74) is 1.33. The van der Waals surface area contributed by atoms with Gasteiger partial charge in [0.05, 0.1) is 10.5 Å². The van der Waals surface area contributed by atoms with Crippen molar-refractivity contribution >= 4 is 23.3 Å². The van der Waals surface area contributed by atoms with Gasteiger partial charge in [-0.1, -0.05) is 51.1 Å². The van der Waals surface area contributed by atoms with Crippen LogP contribution in [-0.2, 0) is 21.4 Å². The van der Waals surface area contributed by atoms with Crippen molar-refractivity contribution in [1.29, 1.82) is 0 Å². The molecule has 0 radical (unpaired) electrons. The average Bonchev–Trinajstić information content (AvgIpc) is 2.74. The fraction of sp³-hybridized carbons (Fsp3) is 0.375. The molecule has 0 unspecified atom stereocenters. The summed E-state index contributed by atoms with van der Waals surface area (Å²) < 4.78 is 5.09. The maximum atomic E-state index is 12.4. The standard InChI is InChI=1S/C24H28N2O6/c1-16(27)25-13-5-6-17-7-9-18(10-8-17)22(28)15-32-23(29)19-11-12-20(24(2,3)4)21(14-19)26(30)31/h7-12,14H,5-6,13,15H2,1-4H3,(H,25,27). The van der Waals surface area contributed by atoms with E-state index in [1.54, 1.807) is 18.2 Å². The molecular weight excluding hydrogens is 412 g/mol. The van der Waals surface area contributed by atoms with Gasteiger partial charge in [-0.25, -0.2) is 4.79 Å². The number of esters is 1. The molecule has 0 aliphatic heterocycles. The Morgan fingerprint density at radius 2 is 1.66 bits per heavy atom. The van der Waals surface area contributed by atoms with Gasteiger partial charge in [0.1, 0.15) is 0 Å². The Kier molecular flexibility index (Phi) is 8.23. The van der Waals surface area contributed by atoms with Gasteiger partial charge in [0.25, 0.3) is 5.69 Å². The highest BCUT2D eigenvalue weighted by Gasteiger charge is 2.26. The van der Waals surface area contributed by atoms with Crippen molar-refractivity contribution in [2.24, 2.45) is 0 Å². The molecule has 2 aromatic rings. The van der Waals surface area contributed by atoms with Crippen molar-refractivity contribution < 1.29 is 24.0 Å². The molecule has 0 saturated heterocycles. The molecule has 32 heavy (non-hydrogen) atoms. The van der Waals surface area contributed by atoms with Crippen LogP contribution in [0.15, 0.2) is 42.5 Å². The third-order valence-corrected chi connectivity index (χ3v) is 4.86. The number of nitrogens with one attached hydrogen (secondary N) is 1. The quantitative estimate of drug-likeness (QED) is 0.207. The van der Waals surface area contributed by atoms with Crippen LogP contribution in [0.2, 0.25) is 0 Å². The van der Waals surface area contributed by atoms with E-state index >= 15 is 0 Å². The second-order valence-corrected chi connectivity index (χ2v) is 8.52. The Morgan fingerprint density at radius 1 is 1.03 bits per heavy atom. The number of amides is 1. The van der Waals surface area contributed by atoms with Crippen LogP contribution in [-0.4, -0.2) is 35.7 Å². The van der Waals surface area contributed by atoms with Gasteiger partial charge in [-0.2, -0.15) is 0 Å². The number of aryl methyl sites for hydroxylation is 1. The van der Waals surface area contributed by atoms with Crippen LogP contribution in [0.25, 0.3) is 0 Å². The van der Waals surface area contributed by atoms with E-state index in [0.717, 1.165) is 18.4 Å². The van der Waals surface area contributed by atoms with Gasteiger partial charge in [-0.05, 0) is 29.9 Å². The van der Waals surface area contributed by atoms with Gasteiger partial charge in [0.2, 0.25) is 5.91 Å². The van der Waals surface area contributed by atoms with Crippen LogP contribution in [0.4, 0.5) is 5.69 Å². The minimum absolute atomic E-state index is 0.0204. The SMILES string of the molecule is CC(=O)NCCCc1ccc(C(=O)COC(=O)c2ccc(C(C)(C)C)c([N+](=O)[O-])c2)cc1. The van der Waals surface area contributed by atoms with Crippen LogP contribution in [0.5, 0.6) is 0 Å². The smallest absolute Gasteiger partial charge is 0.338 e. The number of benzene rings is 2. The van der Waals surface area contributed by atoms with Crippen molar-refractivity contribution in [2.75, 3.05) is 13.2 Å². The highest BCUT2D eigenvalue weighted by Crippen LogP contribution is 2.32. The first-order chi connectivity index (χ1) is 15.0. The Hall–Kier alpha value is -3.55. The average molecular weight is 440 g/mol. The van der Waals surface area contributed by atoms with E-state index in [0.29, 0.717) is 17.7 Å². The van der Waals surface area contributed by atoms with Crippen LogP contribution in [0, 0.1) is 10.1 Å². The molecule has 8 heteroatoms. The minimum atomic E-state index is -0.795. The van der Waals surface area contributed by atoms with Gasteiger partial charge in [0.15, 0.2) is 12.4 Å². The van der Waals surface area contributed by atoms with Crippen molar-refractivity contribution in [3.63, 3.8) is 0 Å². The van der Waals surface area contributed by atoms with Crippen molar-refractivity contribution in [1.82, 2.24) is 5.32 Å². The molecule has 0 fully saturated rings. The molecule has 2 rings (SSSR count). The van der Waals surface area contributed by atoms with Crippen molar-refractivity contribution in [3.05, 3.63) is 74.8 Å². The molecule has 0 aromatic heterocycles. The minimum Gasteiger partial charge on any atom is -0.454 e. The molecule has 0 spiro atoms. The van der Waals surface area contributed by atoms with Crippen LogP contribution < -0.4 is 5.32 Å². The monoisotopic (exact) mass is 440 g/mol. The molecule has 1 N–H and O–H groups in total. The van der Waals surface area contributed by atoms with E-state index in [2.05, 4.69) is 5.32 Å². The third kappa shape index (κ3) is 7.01. The Balaban J connectivity index is 1.96. The molecule has 0 aliphatic carbocycles. The molecule has 0 atom stereocenters. The summed E-state index contributed by atoms with van der Waals surface area (Å²) >= 11 is 0. The second-order valence-electron chi connectivity index (χ2n) is 8.52. The maximum absolute atomic E-state index is 12.4. The summed E-state index contributed by atoms with van der Waals surface area (Å²) in [6.07, 6.45) is 1.54. The van der Waals surface area contributed by atoms with Crippen LogP contribution in [0.1, 0.15) is 66.0 Å². The summed E-state index contributed by atoms with van der Waals surface area (Å²) in [7, 11) is 0. The molecule has 0 bridgehead atoms. The number of hydrogen-bond donors (Lipinski definition) is 1. The predicted molar refractivity (Wildman–Crippen MR) is 120 cm³/mol. The van der Waals surface area contributed by atoms with E-state index in [4.69, 9.17) is 4.74 Å². The first-order valence-corrected chi connectivity index (χ1v) is 10.3. The molecular formula is C24H28N2O6. The fourth-order valence-electron chi connectivity index (χ4n) is 3.16. The molecule has 0 heterocycles. The molecule has 1 amide bonds. The maximum Gasteiger partial charge on any atom is 0.338 e. The normalized spacial score (nSPS) is 11.0. The highest BCUT2D eigenvalue weighted by atomic mass is 16.6. The lowest BCUT2D eigenvalue weighted by Gasteiger charge is -2.19. The highest BCUT2D eigenvalue weighted by molar-refractivity contribution is 5.99. The van der Waals surface area contributed by atoms with E-state index in [1.165, 1.54) is 19.1 Å². The number of rotatable bonds is 9. The summed E-state index contributed by atoms with van der Waals surface area (Å²) in [5, 5.41) is 14.1. The van der Waals surface area contributed by atoms with Crippen LogP contribution >= 0.6 is 0 Å². The van der Waals surface area contributed by atoms with E-state index in [-0.39, 0.29) is 22.9 Å². The molecule has 8 nitrogen and oxygen atoms in total. The number of nitro groups is 1. The fourth-order valence-corrected chi connectivity index (χ4v) is 3.16. The van der Waals surface area contributed by atoms with Gasteiger partial charge in [-0.15, -0.1) is 0 Å². The summed E-state index contributed by atoms with van der Waals surface area (Å²) in [6.45, 7) is 7.13. The van der Waals surface area contributed by atoms with Gasteiger partial charge in [-0.3, -0.25) is 19.7 Å². The summed E-state index contributed by atoms with van der Waals surface area (Å²) in [5.74, 6) is -1.24. The number of hydrogen-bond acceptors (Lipinski definition) is 6. The molecule has 2 aromatic carbocycles. The number of carbonyl (C=O) groups is 3. The Labute approximate surface area is 187 Å². The Morgan fingerprint density at radius 3 is 2.22 bits per heavy atom. The number of nitrogens with zero attached hydrogens (tertiary/aromatic N) is 1. The lowest BCUT2D eigenvalue weighted by atomic mass is 9.85. The molecule has 0 saturated carbocycles. The van der Waals surface area contributed by atoms with E-state index in [9.17, 15) is 24.5 Å². The first-order valence-electron chi connectivity index (χ1n) is 10.3.